The molecule has 30 heavy (non-hydrogen) atoms. The second-order valence-electron chi connectivity index (χ2n) is 6.99. The number of carbonyl (C=O) groups excluding carboxylic acids is 2. The molecule has 0 spiro atoms. The molecule has 1 atom stereocenters. The van der Waals surface area contributed by atoms with Crippen LogP contribution in [0.25, 0.3) is 10.2 Å². The summed E-state index contributed by atoms with van der Waals surface area (Å²) < 4.78 is 20.1. The van der Waals surface area contributed by atoms with Crippen LogP contribution in [-0.4, -0.2) is 27.5 Å². The molecule has 1 N–H and O–H groups in total. The first-order chi connectivity index (χ1) is 14.3. The number of halogens is 2. The van der Waals surface area contributed by atoms with Crippen molar-refractivity contribution in [3.63, 3.8) is 0 Å². The summed E-state index contributed by atoms with van der Waals surface area (Å²) in [6.45, 7) is 3.70. The van der Waals surface area contributed by atoms with Crippen molar-refractivity contribution in [2.24, 2.45) is 0 Å². The minimum absolute atomic E-state index is 0.0295. The van der Waals surface area contributed by atoms with Crippen LogP contribution >= 0.6 is 22.9 Å². The molecular formula is C20H17ClFN3O4S. The molecule has 1 amide bonds. The summed E-state index contributed by atoms with van der Waals surface area (Å²) in [7, 11) is 0. The van der Waals surface area contributed by atoms with Crippen LogP contribution < -0.4 is 10.9 Å². The minimum Gasteiger partial charge on any atom is -0.448 e. The zero-order chi connectivity index (χ0) is 21.6. The van der Waals surface area contributed by atoms with Gasteiger partial charge in [-0.15, -0.1) is 11.3 Å². The Balaban J connectivity index is 1.54. The number of nitrogens with zero attached hydrogens (tertiary/aromatic N) is 2. The van der Waals surface area contributed by atoms with Crippen LogP contribution in [0.5, 0.6) is 0 Å². The van der Waals surface area contributed by atoms with Crippen LogP contribution in [0.15, 0.2) is 23.0 Å². The molecule has 2 aromatic heterocycles. The van der Waals surface area contributed by atoms with Gasteiger partial charge in [0.15, 0.2) is 6.10 Å². The van der Waals surface area contributed by atoms with Gasteiger partial charge in [-0.3, -0.25) is 14.2 Å². The molecule has 0 aliphatic carbocycles. The van der Waals surface area contributed by atoms with Crippen molar-refractivity contribution >= 4 is 50.7 Å². The lowest BCUT2D eigenvalue weighted by Gasteiger charge is -2.14. The van der Waals surface area contributed by atoms with Crippen LogP contribution in [0, 0.1) is 12.7 Å². The monoisotopic (exact) mass is 449 g/mol. The summed E-state index contributed by atoms with van der Waals surface area (Å²) in [5.74, 6) is -1.15. The third-order valence-corrected chi connectivity index (χ3v) is 6.42. The van der Waals surface area contributed by atoms with Gasteiger partial charge in [0.25, 0.3) is 11.5 Å². The van der Waals surface area contributed by atoms with Crippen molar-refractivity contribution in [1.82, 2.24) is 9.55 Å². The van der Waals surface area contributed by atoms with E-state index >= 15 is 0 Å². The van der Waals surface area contributed by atoms with Crippen molar-refractivity contribution in [3.05, 3.63) is 55.7 Å². The molecule has 1 aliphatic rings. The number of rotatable bonds is 4. The second kappa shape index (κ2) is 7.81. The lowest BCUT2D eigenvalue weighted by atomic mass is 10.2. The number of amides is 1. The SMILES string of the molecule is Cc1c(C(=O)O[C@H](C)C(=O)Nc2ccc(F)cc2Cl)sc2nc3n(c(=O)c12)CCC3. The molecule has 10 heteroatoms. The molecule has 156 valence electrons. The maximum absolute atomic E-state index is 13.1. The van der Waals surface area contributed by atoms with Gasteiger partial charge in [-0.05, 0) is 44.0 Å². The maximum atomic E-state index is 13.1. The molecule has 0 fully saturated rings. The molecule has 1 aromatic carbocycles. The van der Waals surface area contributed by atoms with Crippen molar-refractivity contribution in [2.75, 3.05) is 5.32 Å². The molecule has 7 nitrogen and oxygen atoms in total. The van der Waals surface area contributed by atoms with E-state index in [-0.39, 0.29) is 21.1 Å². The number of hydrogen-bond donors (Lipinski definition) is 1. The number of fused-ring (bicyclic) bond motifs is 2. The quantitative estimate of drug-likeness (QED) is 0.613. The van der Waals surface area contributed by atoms with Gasteiger partial charge in [-0.25, -0.2) is 14.2 Å². The van der Waals surface area contributed by atoms with Crippen molar-refractivity contribution in [3.8, 4) is 0 Å². The summed E-state index contributed by atoms with van der Waals surface area (Å²) in [6.07, 6.45) is 0.464. The topological polar surface area (TPSA) is 90.3 Å². The van der Waals surface area contributed by atoms with Gasteiger partial charge in [-0.1, -0.05) is 11.6 Å². The van der Waals surface area contributed by atoms with Crippen LogP contribution in [0.4, 0.5) is 10.1 Å². The standard InChI is InChI=1S/C20H17ClFN3O4S/c1-9-15-18(24-14-4-3-7-25(14)19(15)27)30-16(9)20(28)29-10(2)17(26)23-13-6-5-11(22)8-12(13)21/h5-6,8,10H,3-4,7H2,1-2H3,(H,23,26)/t10-/m1/s1. The van der Waals surface area contributed by atoms with Crippen LogP contribution in [0.2, 0.25) is 5.02 Å². The Morgan fingerprint density at radius 3 is 2.90 bits per heavy atom. The van der Waals surface area contributed by atoms with E-state index in [4.69, 9.17) is 16.3 Å². The van der Waals surface area contributed by atoms with Gasteiger partial charge in [0.1, 0.15) is 21.3 Å². The first kappa shape index (κ1) is 20.5. The van der Waals surface area contributed by atoms with Gasteiger partial charge >= 0.3 is 5.97 Å². The number of thiophene rings is 1. The summed E-state index contributed by atoms with van der Waals surface area (Å²) in [6, 6.07) is 3.54. The lowest BCUT2D eigenvalue weighted by molar-refractivity contribution is -0.123. The molecule has 3 heterocycles. The molecule has 0 saturated carbocycles. The third kappa shape index (κ3) is 3.59. The first-order valence-electron chi connectivity index (χ1n) is 9.26. The van der Waals surface area contributed by atoms with E-state index < -0.39 is 23.8 Å². The Hall–Kier alpha value is -2.78. The fraction of sp³-hybridized carbons (Fsp3) is 0.300. The van der Waals surface area contributed by atoms with Crippen LogP contribution in [0.1, 0.15) is 34.4 Å². The van der Waals surface area contributed by atoms with Gasteiger partial charge in [0, 0.05) is 13.0 Å². The molecule has 3 aromatic rings. The van der Waals surface area contributed by atoms with E-state index in [0.717, 1.165) is 42.1 Å². The summed E-state index contributed by atoms with van der Waals surface area (Å²) >= 11 is 6.98. The summed E-state index contributed by atoms with van der Waals surface area (Å²) in [5, 5.41) is 2.94. The smallest absolute Gasteiger partial charge is 0.349 e. The lowest BCUT2D eigenvalue weighted by Crippen LogP contribution is -2.30. The fourth-order valence-corrected chi connectivity index (χ4v) is 4.65. The number of benzene rings is 1. The number of nitrogens with one attached hydrogen (secondary N) is 1. The normalized spacial score (nSPS) is 13.9. The highest BCUT2D eigenvalue weighted by molar-refractivity contribution is 7.20. The van der Waals surface area contributed by atoms with Crippen LogP contribution in [-0.2, 0) is 22.5 Å². The maximum Gasteiger partial charge on any atom is 0.349 e. The zero-order valence-electron chi connectivity index (χ0n) is 16.1. The van der Waals surface area contributed by atoms with Gasteiger partial charge < -0.3 is 10.1 Å². The molecule has 0 saturated heterocycles. The number of aryl methyl sites for hydroxylation is 2. The Labute approximate surface area is 179 Å². The number of carbonyl (C=O) groups is 2. The minimum atomic E-state index is -1.14. The van der Waals surface area contributed by atoms with E-state index in [1.807, 2.05) is 0 Å². The van der Waals surface area contributed by atoms with E-state index in [1.54, 1.807) is 11.5 Å². The second-order valence-corrected chi connectivity index (χ2v) is 8.39. The molecule has 1 aliphatic heterocycles. The van der Waals surface area contributed by atoms with E-state index in [1.165, 1.54) is 13.0 Å². The zero-order valence-corrected chi connectivity index (χ0v) is 17.7. The Bertz CT molecular complexity index is 1250. The summed E-state index contributed by atoms with van der Waals surface area (Å²) in [4.78, 5) is 43.0. The average molecular weight is 450 g/mol. The molecule has 0 radical (unpaired) electrons. The number of anilines is 1. The van der Waals surface area contributed by atoms with Gasteiger partial charge in [0.05, 0.1) is 16.1 Å². The molecule has 0 unspecified atom stereocenters. The highest BCUT2D eigenvalue weighted by Crippen LogP contribution is 2.29. The van der Waals surface area contributed by atoms with Gasteiger partial charge in [-0.2, -0.15) is 0 Å². The average Bonchev–Trinajstić information content (AvgIpc) is 3.29. The predicted molar refractivity (Wildman–Crippen MR) is 112 cm³/mol. The number of esters is 1. The van der Waals surface area contributed by atoms with Crippen molar-refractivity contribution in [2.45, 2.75) is 39.3 Å². The molecule has 4 rings (SSSR count). The highest BCUT2D eigenvalue weighted by Gasteiger charge is 2.26. The number of aromatic nitrogens is 2. The van der Waals surface area contributed by atoms with E-state index in [0.29, 0.717) is 22.3 Å². The number of ether oxygens (including phenoxy) is 1. The third-order valence-electron chi connectivity index (χ3n) is 4.94. The van der Waals surface area contributed by atoms with Crippen molar-refractivity contribution in [1.29, 1.82) is 0 Å². The Kier molecular flexibility index (Phi) is 5.33. The van der Waals surface area contributed by atoms with Crippen LogP contribution in [0.3, 0.4) is 0 Å². The molecule has 0 bridgehead atoms. The largest absolute Gasteiger partial charge is 0.448 e. The Morgan fingerprint density at radius 2 is 2.17 bits per heavy atom. The highest BCUT2D eigenvalue weighted by atomic mass is 35.5. The fourth-order valence-electron chi connectivity index (χ4n) is 3.36. The molecular weight excluding hydrogens is 433 g/mol. The van der Waals surface area contributed by atoms with E-state index in [2.05, 4.69) is 10.3 Å². The van der Waals surface area contributed by atoms with Gasteiger partial charge in [0.2, 0.25) is 0 Å². The predicted octanol–water partition coefficient (Wildman–Crippen LogP) is 3.69. The van der Waals surface area contributed by atoms with Crippen molar-refractivity contribution < 1.29 is 18.7 Å². The summed E-state index contributed by atoms with van der Waals surface area (Å²) in [5.41, 5.74) is 0.543. The first-order valence-corrected chi connectivity index (χ1v) is 10.5. The Morgan fingerprint density at radius 1 is 1.40 bits per heavy atom. The van der Waals surface area contributed by atoms with E-state index in [9.17, 15) is 18.8 Å². The number of hydrogen-bond acceptors (Lipinski definition) is 6.